The van der Waals surface area contributed by atoms with E-state index >= 15 is 0 Å². The van der Waals surface area contributed by atoms with Gasteiger partial charge < -0.3 is 15.3 Å². The van der Waals surface area contributed by atoms with Crippen LogP contribution in [0.4, 0.5) is 0 Å². The van der Waals surface area contributed by atoms with Gasteiger partial charge in [0.2, 0.25) is 0 Å². The summed E-state index contributed by atoms with van der Waals surface area (Å²) in [6.07, 6.45) is -2.53. The SMILES string of the molecule is CC(=O)SCC(O)C(O)c1c(C)cccc1C(=O)O. The summed E-state index contributed by atoms with van der Waals surface area (Å²) in [5.74, 6) is -1.15. The molecule has 1 aromatic carbocycles. The minimum Gasteiger partial charge on any atom is -0.478 e. The number of hydrogen-bond acceptors (Lipinski definition) is 5. The number of thioether (sulfide) groups is 1. The van der Waals surface area contributed by atoms with Gasteiger partial charge in [0.25, 0.3) is 0 Å². The van der Waals surface area contributed by atoms with Crippen LogP contribution in [-0.4, -0.2) is 38.3 Å². The Labute approximate surface area is 115 Å². The molecule has 0 amide bonds. The van der Waals surface area contributed by atoms with Gasteiger partial charge in [0, 0.05) is 18.2 Å². The number of aryl methyl sites for hydroxylation is 1. The number of carbonyl (C=O) groups is 2. The fourth-order valence-electron chi connectivity index (χ4n) is 1.75. The molecule has 1 aromatic rings. The Hall–Kier alpha value is -1.37. The van der Waals surface area contributed by atoms with Crippen molar-refractivity contribution < 1.29 is 24.9 Å². The first-order valence-electron chi connectivity index (χ1n) is 5.67. The molecule has 0 saturated carbocycles. The molecule has 0 spiro atoms. The van der Waals surface area contributed by atoms with Crippen LogP contribution in [0.3, 0.4) is 0 Å². The van der Waals surface area contributed by atoms with Gasteiger partial charge in [0.05, 0.1) is 11.7 Å². The number of aliphatic hydroxyl groups is 2. The normalized spacial score (nSPS) is 13.9. The van der Waals surface area contributed by atoms with E-state index < -0.39 is 18.2 Å². The zero-order valence-corrected chi connectivity index (χ0v) is 11.5. The number of rotatable bonds is 5. The number of hydrogen-bond donors (Lipinski definition) is 3. The predicted octanol–water partition coefficient (Wildman–Crippen LogP) is 1.37. The number of carboxylic acids is 1. The van der Waals surface area contributed by atoms with Crippen molar-refractivity contribution in [3.8, 4) is 0 Å². The monoisotopic (exact) mass is 284 g/mol. The maximum absolute atomic E-state index is 11.1. The molecular weight excluding hydrogens is 268 g/mol. The standard InChI is InChI=1S/C13H16O5S/c1-7-4-3-5-9(13(17)18)11(7)12(16)10(15)6-19-8(2)14/h3-5,10,12,15-16H,6H2,1-2H3,(H,17,18). The van der Waals surface area contributed by atoms with Gasteiger partial charge in [-0.2, -0.15) is 0 Å². The molecule has 0 aliphatic rings. The molecule has 2 unspecified atom stereocenters. The molecule has 0 heterocycles. The summed E-state index contributed by atoms with van der Waals surface area (Å²) in [6.45, 7) is 3.02. The highest BCUT2D eigenvalue weighted by atomic mass is 32.2. The Balaban J connectivity index is 3.01. The molecule has 0 radical (unpaired) electrons. The first-order valence-corrected chi connectivity index (χ1v) is 6.65. The number of aromatic carboxylic acids is 1. The van der Waals surface area contributed by atoms with Crippen LogP contribution in [0.2, 0.25) is 0 Å². The number of benzene rings is 1. The summed E-state index contributed by atoms with van der Waals surface area (Å²) in [4.78, 5) is 21.9. The quantitative estimate of drug-likeness (QED) is 0.756. The molecule has 6 heteroatoms. The third kappa shape index (κ3) is 4.05. The molecule has 19 heavy (non-hydrogen) atoms. The van der Waals surface area contributed by atoms with Crippen LogP contribution in [0.15, 0.2) is 18.2 Å². The van der Waals surface area contributed by atoms with Crippen LogP contribution in [0.5, 0.6) is 0 Å². The maximum atomic E-state index is 11.1. The van der Waals surface area contributed by atoms with Crippen molar-refractivity contribution in [2.24, 2.45) is 0 Å². The van der Waals surface area contributed by atoms with Crippen LogP contribution >= 0.6 is 11.8 Å². The molecule has 3 N–H and O–H groups in total. The fourth-order valence-corrected chi connectivity index (χ4v) is 2.33. The average Bonchev–Trinajstić information content (AvgIpc) is 2.34. The highest BCUT2D eigenvalue weighted by Crippen LogP contribution is 2.26. The molecule has 0 aliphatic heterocycles. The fraction of sp³-hybridized carbons (Fsp3) is 0.385. The van der Waals surface area contributed by atoms with E-state index in [1.807, 2.05) is 0 Å². The van der Waals surface area contributed by atoms with Crippen molar-refractivity contribution in [1.29, 1.82) is 0 Å². The van der Waals surface area contributed by atoms with E-state index in [9.17, 15) is 19.8 Å². The zero-order chi connectivity index (χ0) is 14.6. The van der Waals surface area contributed by atoms with Gasteiger partial charge in [-0.05, 0) is 18.6 Å². The van der Waals surface area contributed by atoms with Crippen molar-refractivity contribution in [3.05, 3.63) is 34.9 Å². The highest BCUT2D eigenvalue weighted by molar-refractivity contribution is 8.13. The smallest absolute Gasteiger partial charge is 0.336 e. The third-order valence-electron chi connectivity index (χ3n) is 2.67. The lowest BCUT2D eigenvalue weighted by Gasteiger charge is -2.21. The second-order valence-electron chi connectivity index (χ2n) is 4.16. The Morgan fingerprint density at radius 3 is 2.47 bits per heavy atom. The number of carboxylic acid groups (broad SMARTS) is 1. The first kappa shape index (κ1) is 15.7. The molecule has 0 saturated heterocycles. The average molecular weight is 284 g/mol. The van der Waals surface area contributed by atoms with Crippen LogP contribution in [0.1, 0.15) is 34.5 Å². The number of aliphatic hydroxyl groups excluding tert-OH is 2. The van der Waals surface area contributed by atoms with Crippen molar-refractivity contribution in [3.63, 3.8) is 0 Å². The van der Waals surface area contributed by atoms with Gasteiger partial charge >= 0.3 is 5.97 Å². The van der Waals surface area contributed by atoms with E-state index in [4.69, 9.17) is 5.11 Å². The lowest BCUT2D eigenvalue weighted by molar-refractivity contribution is -0.109. The van der Waals surface area contributed by atoms with Gasteiger partial charge in [-0.3, -0.25) is 4.79 Å². The first-order chi connectivity index (χ1) is 8.84. The summed E-state index contributed by atoms with van der Waals surface area (Å²) in [5.41, 5.74) is 0.727. The van der Waals surface area contributed by atoms with Crippen molar-refractivity contribution in [1.82, 2.24) is 0 Å². The van der Waals surface area contributed by atoms with Crippen molar-refractivity contribution in [2.45, 2.75) is 26.1 Å². The Morgan fingerprint density at radius 2 is 1.95 bits per heavy atom. The van der Waals surface area contributed by atoms with Crippen molar-refractivity contribution >= 4 is 22.8 Å². The second-order valence-corrected chi connectivity index (χ2v) is 5.35. The minimum absolute atomic E-state index is 0.0178. The molecule has 0 bridgehead atoms. The summed E-state index contributed by atoms with van der Waals surface area (Å²) in [6, 6.07) is 4.61. The van der Waals surface area contributed by atoms with E-state index in [1.165, 1.54) is 13.0 Å². The lowest BCUT2D eigenvalue weighted by Crippen LogP contribution is -2.24. The van der Waals surface area contributed by atoms with E-state index in [-0.39, 0.29) is 22.0 Å². The zero-order valence-electron chi connectivity index (χ0n) is 10.7. The van der Waals surface area contributed by atoms with Crippen LogP contribution in [0.25, 0.3) is 0 Å². The third-order valence-corrected chi connectivity index (χ3v) is 3.59. The predicted molar refractivity (Wildman–Crippen MR) is 72.2 cm³/mol. The molecule has 104 valence electrons. The lowest BCUT2D eigenvalue weighted by atomic mass is 9.94. The maximum Gasteiger partial charge on any atom is 0.336 e. The van der Waals surface area contributed by atoms with E-state index in [2.05, 4.69) is 0 Å². The van der Waals surface area contributed by atoms with E-state index in [0.29, 0.717) is 5.56 Å². The molecule has 5 nitrogen and oxygen atoms in total. The van der Waals surface area contributed by atoms with E-state index in [0.717, 1.165) is 11.8 Å². The van der Waals surface area contributed by atoms with Gasteiger partial charge in [-0.1, -0.05) is 23.9 Å². The van der Waals surface area contributed by atoms with Gasteiger partial charge in [-0.15, -0.1) is 0 Å². The Kier molecular flexibility index (Phi) is 5.53. The summed E-state index contributed by atoms with van der Waals surface area (Å²) in [5, 5.41) is 28.8. The Morgan fingerprint density at radius 1 is 1.32 bits per heavy atom. The topological polar surface area (TPSA) is 94.8 Å². The molecule has 1 rings (SSSR count). The molecule has 2 atom stereocenters. The molecule has 0 aromatic heterocycles. The van der Waals surface area contributed by atoms with Gasteiger partial charge in [0.15, 0.2) is 5.12 Å². The summed E-state index contributed by atoms with van der Waals surface area (Å²) < 4.78 is 0. The largest absolute Gasteiger partial charge is 0.478 e. The second kappa shape index (κ2) is 6.70. The van der Waals surface area contributed by atoms with Crippen LogP contribution in [-0.2, 0) is 4.79 Å². The molecule has 0 aliphatic carbocycles. The molecule has 0 fully saturated rings. The highest BCUT2D eigenvalue weighted by Gasteiger charge is 2.25. The van der Waals surface area contributed by atoms with Gasteiger partial charge in [0.1, 0.15) is 6.10 Å². The van der Waals surface area contributed by atoms with Crippen molar-refractivity contribution in [2.75, 3.05) is 5.75 Å². The summed E-state index contributed by atoms with van der Waals surface area (Å²) >= 11 is 0.886. The van der Waals surface area contributed by atoms with Crippen LogP contribution < -0.4 is 0 Å². The number of carbonyl (C=O) groups excluding carboxylic acids is 1. The molecular formula is C13H16O5S. The minimum atomic E-state index is -1.33. The van der Waals surface area contributed by atoms with E-state index in [1.54, 1.807) is 19.1 Å². The Bertz CT molecular complexity index is 486. The van der Waals surface area contributed by atoms with Crippen LogP contribution in [0, 0.1) is 6.92 Å². The summed E-state index contributed by atoms with van der Waals surface area (Å²) in [7, 11) is 0. The van der Waals surface area contributed by atoms with Gasteiger partial charge in [-0.25, -0.2) is 4.79 Å².